The van der Waals surface area contributed by atoms with E-state index < -0.39 is 0 Å². The summed E-state index contributed by atoms with van der Waals surface area (Å²) in [6.07, 6.45) is 4.46. The molecule has 25 heavy (non-hydrogen) atoms. The van der Waals surface area contributed by atoms with Gasteiger partial charge in [-0.3, -0.25) is 9.48 Å². The van der Waals surface area contributed by atoms with E-state index in [0.717, 1.165) is 49.7 Å². The minimum absolute atomic E-state index is 0.0269. The number of carbonyl (C=O) groups is 1. The maximum atomic E-state index is 12.7. The zero-order valence-electron chi connectivity index (χ0n) is 15.0. The molecule has 0 bridgehead atoms. The Labute approximate surface area is 153 Å². The van der Waals surface area contributed by atoms with Gasteiger partial charge in [0.2, 0.25) is 0 Å². The number of nitrogens with one attached hydrogen (secondary N) is 1. The Kier molecular flexibility index (Phi) is 4.65. The molecule has 4 rings (SSSR count). The molecule has 0 saturated carbocycles. The number of aromatic nitrogens is 2. The maximum absolute atomic E-state index is 12.7. The molecule has 1 amide bonds. The third kappa shape index (κ3) is 3.25. The van der Waals surface area contributed by atoms with Gasteiger partial charge in [0.05, 0.1) is 5.69 Å². The van der Waals surface area contributed by atoms with Crippen LogP contribution in [-0.2, 0) is 19.9 Å². The van der Waals surface area contributed by atoms with E-state index in [2.05, 4.69) is 33.7 Å². The van der Waals surface area contributed by atoms with Crippen molar-refractivity contribution in [2.45, 2.75) is 32.6 Å². The number of fused-ring (bicyclic) bond motifs is 3. The molecule has 0 aromatic carbocycles. The normalized spacial score (nSPS) is 18.0. The summed E-state index contributed by atoms with van der Waals surface area (Å²) in [6, 6.07) is 2.15. The van der Waals surface area contributed by atoms with Gasteiger partial charge in [0.25, 0.3) is 5.91 Å². The topological polar surface area (TPSA) is 50.2 Å². The quantitative estimate of drug-likeness (QED) is 0.914. The number of piperidine rings is 1. The van der Waals surface area contributed by atoms with Gasteiger partial charge in [-0.15, -0.1) is 11.3 Å². The predicted octanol–water partition coefficient (Wildman–Crippen LogP) is 2.71. The van der Waals surface area contributed by atoms with Crippen LogP contribution < -0.4 is 5.32 Å². The number of nitrogens with zero attached hydrogens (tertiary/aromatic N) is 3. The Morgan fingerprint density at radius 2 is 2.16 bits per heavy atom. The third-order valence-corrected chi connectivity index (χ3v) is 6.53. The Balaban J connectivity index is 1.41. The molecule has 2 aliphatic rings. The number of amides is 1. The van der Waals surface area contributed by atoms with Crippen LogP contribution in [0.2, 0.25) is 0 Å². The second-order valence-corrected chi connectivity index (χ2v) is 8.34. The first-order valence-corrected chi connectivity index (χ1v) is 10.1. The van der Waals surface area contributed by atoms with Crippen molar-refractivity contribution in [3.63, 3.8) is 0 Å². The van der Waals surface area contributed by atoms with Gasteiger partial charge in [0.15, 0.2) is 5.69 Å². The molecular formula is C19H26N4OS. The Morgan fingerprint density at radius 1 is 1.36 bits per heavy atom. The summed E-state index contributed by atoms with van der Waals surface area (Å²) in [5, 5.41) is 9.76. The lowest BCUT2D eigenvalue weighted by Crippen LogP contribution is -2.39. The van der Waals surface area contributed by atoms with Gasteiger partial charge in [0.1, 0.15) is 0 Å². The number of rotatable bonds is 4. The molecular weight excluding hydrogens is 332 g/mol. The number of hydrogen-bond donors (Lipinski definition) is 1. The van der Waals surface area contributed by atoms with Crippen LogP contribution in [0, 0.1) is 5.92 Å². The van der Waals surface area contributed by atoms with Crippen LogP contribution >= 0.6 is 11.3 Å². The van der Waals surface area contributed by atoms with Crippen molar-refractivity contribution in [3.8, 4) is 11.3 Å². The number of likely N-dealkylation sites (tertiary alicyclic amines) is 1. The fourth-order valence-corrected chi connectivity index (χ4v) is 4.88. The highest BCUT2D eigenvalue weighted by atomic mass is 32.1. The minimum Gasteiger partial charge on any atom is -0.349 e. The average molecular weight is 359 g/mol. The van der Waals surface area contributed by atoms with Gasteiger partial charge in [0, 0.05) is 36.1 Å². The van der Waals surface area contributed by atoms with E-state index in [4.69, 9.17) is 0 Å². The standard InChI is InChI=1S/C19H26N4OS/c1-13-5-9-23(10-6-13)11-8-20-19(24)17-15-3-4-16-14(7-12-25-16)18(15)22(2)21-17/h7,12-13H,3-6,8-11H2,1-2H3,(H,20,24). The Bertz CT molecular complexity index is 770. The van der Waals surface area contributed by atoms with E-state index in [1.165, 1.54) is 23.3 Å². The van der Waals surface area contributed by atoms with Crippen LogP contribution in [-0.4, -0.2) is 46.8 Å². The summed E-state index contributed by atoms with van der Waals surface area (Å²) >= 11 is 1.80. The molecule has 1 aliphatic heterocycles. The molecule has 1 aliphatic carbocycles. The molecule has 1 fully saturated rings. The second kappa shape index (κ2) is 6.92. The first-order valence-electron chi connectivity index (χ1n) is 9.26. The lowest BCUT2D eigenvalue weighted by molar-refractivity contribution is 0.0938. The maximum Gasteiger partial charge on any atom is 0.272 e. The van der Waals surface area contributed by atoms with E-state index in [9.17, 15) is 4.79 Å². The fraction of sp³-hybridized carbons (Fsp3) is 0.579. The lowest BCUT2D eigenvalue weighted by atomic mass is 9.94. The van der Waals surface area contributed by atoms with Gasteiger partial charge < -0.3 is 10.2 Å². The summed E-state index contributed by atoms with van der Waals surface area (Å²) in [6.45, 7) is 6.25. The Hall–Kier alpha value is -1.66. The van der Waals surface area contributed by atoms with Crippen molar-refractivity contribution in [2.24, 2.45) is 13.0 Å². The second-order valence-electron chi connectivity index (χ2n) is 7.34. The van der Waals surface area contributed by atoms with Crippen molar-refractivity contribution < 1.29 is 4.79 Å². The number of carbonyl (C=O) groups excluding carboxylic acids is 1. The molecule has 0 radical (unpaired) electrons. The van der Waals surface area contributed by atoms with Crippen molar-refractivity contribution in [3.05, 3.63) is 27.6 Å². The summed E-state index contributed by atoms with van der Waals surface area (Å²) in [5.74, 6) is 0.814. The van der Waals surface area contributed by atoms with E-state index in [1.54, 1.807) is 11.3 Å². The summed E-state index contributed by atoms with van der Waals surface area (Å²) in [5.41, 5.74) is 4.10. The highest BCUT2D eigenvalue weighted by Crippen LogP contribution is 2.37. The van der Waals surface area contributed by atoms with Crippen molar-refractivity contribution in [2.75, 3.05) is 26.2 Å². The average Bonchev–Trinajstić information content (AvgIpc) is 3.20. The van der Waals surface area contributed by atoms with Crippen LogP contribution in [0.1, 0.15) is 40.7 Å². The highest BCUT2D eigenvalue weighted by Gasteiger charge is 2.27. The molecule has 6 heteroatoms. The number of hydrogen-bond acceptors (Lipinski definition) is 4. The molecule has 1 saturated heterocycles. The molecule has 134 valence electrons. The summed E-state index contributed by atoms with van der Waals surface area (Å²) < 4.78 is 1.88. The van der Waals surface area contributed by atoms with E-state index in [0.29, 0.717) is 12.2 Å². The summed E-state index contributed by atoms with van der Waals surface area (Å²) in [7, 11) is 1.94. The van der Waals surface area contributed by atoms with Crippen LogP contribution in [0.25, 0.3) is 11.3 Å². The smallest absolute Gasteiger partial charge is 0.272 e. The predicted molar refractivity (Wildman–Crippen MR) is 101 cm³/mol. The fourth-order valence-electron chi connectivity index (χ4n) is 4.00. The molecule has 5 nitrogen and oxygen atoms in total. The molecule has 0 unspecified atom stereocenters. The zero-order valence-corrected chi connectivity index (χ0v) is 15.9. The van der Waals surface area contributed by atoms with E-state index in [-0.39, 0.29) is 5.91 Å². The van der Waals surface area contributed by atoms with Gasteiger partial charge in [-0.2, -0.15) is 5.10 Å². The van der Waals surface area contributed by atoms with Gasteiger partial charge in [-0.25, -0.2) is 0 Å². The Morgan fingerprint density at radius 3 is 2.96 bits per heavy atom. The molecule has 0 atom stereocenters. The van der Waals surface area contributed by atoms with Gasteiger partial charge in [-0.05, 0) is 56.1 Å². The number of thiophene rings is 1. The van der Waals surface area contributed by atoms with E-state index in [1.807, 2.05) is 11.7 Å². The minimum atomic E-state index is -0.0269. The van der Waals surface area contributed by atoms with Crippen molar-refractivity contribution in [1.82, 2.24) is 20.0 Å². The molecule has 0 spiro atoms. The SMILES string of the molecule is CC1CCN(CCNC(=O)c2nn(C)c3c2CCc2sccc2-3)CC1. The van der Waals surface area contributed by atoms with Crippen LogP contribution in [0.15, 0.2) is 11.4 Å². The molecule has 2 aromatic heterocycles. The largest absolute Gasteiger partial charge is 0.349 e. The third-order valence-electron chi connectivity index (χ3n) is 5.55. The van der Waals surface area contributed by atoms with E-state index >= 15 is 0 Å². The van der Waals surface area contributed by atoms with Gasteiger partial charge >= 0.3 is 0 Å². The molecule has 1 N–H and O–H groups in total. The van der Waals surface area contributed by atoms with Crippen LogP contribution in [0.5, 0.6) is 0 Å². The first kappa shape index (κ1) is 16.8. The van der Waals surface area contributed by atoms with Gasteiger partial charge in [-0.1, -0.05) is 6.92 Å². The lowest BCUT2D eigenvalue weighted by Gasteiger charge is -2.30. The summed E-state index contributed by atoms with van der Waals surface area (Å²) in [4.78, 5) is 16.5. The highest BCUT2D eigenvalue weighted by molar-refractivity contribution is 7.10. The zero-order chi connectivity index (χ0) is 17.4. The van der Waals surface area contributed by atoms with Crippen LogP contribution in [0.3, 0.4) is 0 Å². The first-order chi connectivity index (χ1) is 12.1. The van der Waals surface area contributed by atoms with Crippen LogP contribution in [0.4, 0.5) is 0 Å². The molecule has 3 heterocycles. The molecule has 2 aromatic rings. The monoisotopic (exact) mass is 358 g/mol. The van der Waals surface area contributed by atoms with Crippen molar-refractivity contribution >= 4 is 17.2 Å². The van der Waals surface area contributed by atoms with Crippen molar-refractivity contribution in [1.29, 1.82) is 0 Å². The number of aryl methyl sites for hydroxylation is 2.